The fraction of sp³-hybridized carbons (Fsp3) is 0.500. The molecule has 1 aliphatic heterocycles. The molecule has 0 bridgehead atoms. The van der Waals surface area contributed by atoms with Crippen LogP contribution in [-0.2, 0) is 4.74 Å². The standard InChI is InChI=1S/C12H14N2O10/c15-4-7-9(16)10(17)11(18)12(24-7)23-6-3-1-2-5(13(19)20)8(6)14(21)22/h1-3,7,9-12,15-18H,4H2/t7-,9-,10+,11-,12?/m1/s1. The van der Waals surface area contributed by atoms with Gasteiger partial charge in [0, 0.05) is 6.07 Å². The highest BCUT2D eigenvalue weighted by Gasteiger charge is 2.45. The predicted octanol–water partition coefficient (Wildman–Crippen LogP) is -1.32. The van der Waals surface area contributed by atoms with E-state index in [1.54, 1.807) is 0 Å². The van der Waals surface area contributed by atoms with Crippen molar-refractivity contribution < 1.29 is 39.7 Å². The van der Waals surface area contributed by atoms with Crippen molar-refractivity contribution in [3.05, 3.63) is 38.4 Å². The third-order valence-electron chi connectivity index (χ3n) is 3.45. The lowest BCUT2D eigenvalue weighted by Gasteiger charge is -2.39. The molecule has 2 rings (SSSR count). The summed E-state index contributed by atoms with van der Waals surface area (Å²) in [5.74, 6) is -0.571. The Balaban J connectivity index is 2.35. The lowest BCUT2D eigenvalue weighted by Crippen LogP contribution is -2.60. The van der Waals surface area contributed by atoms with Gasteiger partial charge in [0.05, 0.1) is 16.5 Å². The minimum Gasteiger partial charge on any atom is -0.454 e. The normalized spacial score (nSPS) is 29.9. The summed E-state index contributed by atoms with van der Waals surface area (Å²) in [4.78, 5) is 20.0. The maximum Gasteiger partial charge on any atom is 0.387 e. The number of rotatable bonds is 5. The first-order valence-electron chi connectivity index (χ1n) is 6.67. The molecule has 1 heterocycles. The largest absolute Gasteiger partial charge is 0.454 e. The summed E-state index contributed by atoms with van der Waals surface area (Å²) in [6.45, 7) is -0.720. The van der Waals surface area contributed by atoms with Gasteiger partial charge in [0.2, 0.25) is 12.0 Å². The number of benzene rings is 1. The highest BCUT2D eigenvalue weighted by atomic mass is 16.7. The Bertz CT molecular complexity index is 636. The van der Waals surface area contributed by atoms with Crippen LogP contribution in [0.1, 0.15) is 0 Å². The van der Waals surface area contributed by atoms with Crippen molar-refractivity contribution in [3.8, 4) is 5.75 Å². The molecule has 1 unspecified atom stereocenters. The molecule has 24 heavy (non-hydrogen) atoms. The van der Waals surface area contributed by atoms with Crippen molar-refractivity contribution in [1.29, 1.82) is 0 Å². The summed E-state index contributed by atoms with van der Waals surface area (Å²) in [6, 6.07) is 3.08. The first kappa shape index (κ1) is 18.0. The smallest absolute Gasteiger partial charge is 0.387 e. The highest BCUT2D eigenvalue weighted by molar-refractivity contribution is 5.61. The first-order valence-corrected chi connectivity index (χ1v) is 6.67. The van der Waals surface area contributed by atoms with Crippen molar-refractivity contribution in [3.63, 3.8) is 0 Å². The first-order chi connectivity index (χ1) is 11.3. The Morgan fingerprint density at radius 1 is 1.08 bits per heavy atom. The zero-order chi connectivity index (χ0) is 18.0. The topological polar surface area (TPSA) is 186 Å². The van der Waals surface area contributed by atoms with Crippen molar-refractivity contribution in [1.82, 2.24) is 0 Å². The van der Waals surface area contributed by atoms with E-state index in [1.807, 2.05) is 0 Å². The molecular formula is C12H14N2O10. The van der Waals surface area contributed by atoms with Gasteiger partial charge >= 0.3 is 11.4 Å². The molecule has 1 saturated heterocycles. The molecule has 1 aromatic carbocycles. The van der Waals surface area contributed by atoms with E-state index in [4.69, 9.17) is 14.6 Å². The third kappa shape index (κ3) is 3.27. The zero-order valence-corrected chi connectivity index (χ0v) is 12.0. The summed E-state index contributed by atoms with van der Waals surface area (Å²) >= 11 is 0. The van der Waals surface area contributed by atoms with Crippen molar-refractivity contribution in [2.75, 3.05) is 6.61 Å². The molecule has 12 nitrogen and oxygen atoms in total. The number of para-hydroxylation sites is 1. The van der Waals surface area contributed by atoms with Gasteiger partial charge in [0.25, 0.3) is 0 Å². The number of aliphatic hydroxyl groups excluding tert-OH is 4. The molecule has 5 atom stereocenters. The van der Waals surface area contributed by atoms with Gasteiger partial charge in [-0.2, -0.15) is 0 Å². The second-order valence-electron chi connectivity index (χ2n) is 4.95. The fourth-order valence-electron chi connectivity index (χ4n) is 2.23. The van der Waals surface area contributed by atoms with Crippen LogP contribution in [0.5, 0.6) is 5.75 Å². The minimum absolute atomic E-state index is 0.571. The summed E-state index contributed by atoms with van der Waals surface area (Å²) in [6.07, 6.45) is -8.17. The Hall–Kier alpha value is -2.38. The maximum atomic E-state index is 11.1. The molecule has 132 valence electrons. The number of ether oxygens (including phenoxy) is 2. The summed E-state index contributed by atoms with van der Waals surface area (Å²) < 4.78 is 10.1. The van der Waals surface area contributed by atoms with Crippen LogP contribution < -0.4 is 4.74 Å². The molecule has 4 N–H and O–H groups in total. The monoisotopic (exact) mass is 346 g/mol. The van der Waals surface area contributed by atoms with E-state index >= 15 is 0 Å². The van der Waals surface area contributed by atoms with Crippen LogP contribution in [-0.4, -0.2) is 67.6 Å². The van der Waals surface area contributed by atoms with Crippen molar-refractivity contribution in [2.45, 2.75) is 30.7 Å². The van der Waals surface area contributed by atoms with E-state index in [2.05, 4.69) is 0 Å². The summed E-state index contributed by atoms with van der Waals surface area (Å²) in [7, 11) is 0. The Morgan fingerprint density at radius 3 is 2.29 bits per heavy atom. The lowest BCUT2D eigenvalue weighted by molar-refractivity contribution is -0.423. The maximum absolute atomic E-state index is 11.1. The van der Waals surface area contributed by atoms with Gasteiger partial charge in [0.15, 0.2) is 0 Å². The average molecular weight is 346 g/mol. The van der Waals surface area contributed by atoms with Crippen LogP contribution in [0.25, 0.3) is 0 Å². The second kappa shape index (κ2) is 7.02. The molecule has 0 saturated carbocycles. The molecule has 0 aromatic heterocycles. The van der Waals surface area contributed by atoms with Crippen molar-refractivity contribution >= 4 is 11.4 Å². The third-order valence-corrected chi connectivity index (χ3v) is 3.45. The quantitative estimate of drug-likeness (QED) is 0.368. The number of nitrogens with zero attached hydrogens (tertiary/aromatic N) is 2. The fourth-order valence-corrected chi connectivity index (χ4v) is 2.23. The van der Waals surface area contributed by atoms with Crippen LogP contribution in [0.4, 0.5) is 11.4 Å². The number of hydrogen-bond donors (Lipinski definition) is 4. The van der Waals surface area contributed by atoms with E-state index in [1.165, 1.54) is 0 Å². The van der Waals surface area contributed by atoms with E-state index in [9.17, 15) is 35.5 Å². The molecule has 1 fully saturated rings. The van der Waals surface area contributed by atoms with Gasteiger partial charge < -0.3 is 29.9 Å². The van der Waals surface area contributed by atoms with Gasteiger partial charge in [-0.25, -0.2) is 0 Å². The highest BCUT2D eigenvalue weighted by Crippen LogP contribution is 2.37. The van der Waals surface area contributed by atoms with Crippen LogP contribution in [0.3, 0.4) is 0 Å². The van der Waals surface area contributed by atoms with Crippen LogP contribution in [0.2, 0.25) is 0 Å². The Morgan fingerprint density at radius 2 is 1.75 bits per heavy atom. The Kier molecular flexibility index (Phi) is 5.26. The molecule has 0 spiro atoms. The van der Waals surface area contributed by atoms with E-state index < -0.39 is 64.3 Å². The van der Waals surface area contributed by atoms with Gasteiger partial charge in [-0.05, 0) is 6.07 Å². The SMILES string of the molecule is O=[N+]([O-])c1cccc(OC2O[C@H](CO)[C@@H](O)[C@H](O)[C@H]2O)c1[N+](=O)[O-]. The molecule has 12 heteroatoms. The zero-order valence-electron chi connectivity index (χ0n) is 12.0. The van der Waals surface area contributed by atoms with Gasteiger partial charge in [0.1, 0.15) is 24.4 Å². The number of nitro benzene ring substituents is 2. The molecule has 0 amide bonds. The average Bonchev–Trinajstić information content (AvgIpc) is 2.54. The molecule has 0 aliphatic carbocycles. The van der Waals surface area contributed by atoms with E-state index in [-0.39, 0.29) is 0 Å². The van der Waals surface area contributed by atoms with Crippen molar-refractivity contribution in [2.24, 2.45) is 0 Å². The van der Waals surface area contributed by atoms with Gasteiger partial charge in [-0.1, -0.05) is 6.07 Å². The molecule has 1 aliphatic rings. The minimum atomic E-state index is -1.80. The molecule has 0 radical (unpaired) electrons. The molecule has 1 aromatic rings. The second-order valence-corrected chi connectivity index (χ2v) is 4.95. The van der Waals surface area contributed by atoms with Crippen LogP contribution >= 0.6 is 0 Å². The lowest BCUT2D eigenvalue weighted by atomic mass is 9.99. The van der Waals surface area contributed by atoms with Crippen LogP contribution in [0.15, 0.2) is 18.2 Å². The van der Waals surface area contributed by atoms with E-state index in [0.29, 0.717) is 0 Å². The number of aliphatic hydroxyl groups is 4. The number of hydrogen-bond acceptors (Lipinski definition) is 10. The van der Waals surface area contributed by atoms with Crippen LogP contribution in [0, 0.1) is 20.2 Å². The Labute approximate surface area is 133 Å². The summed E-state index contributed by atoms with van der Waals surface area (Å²) in [5.41, 5.74) is -1.79. The van der Waals surface area contributed by atoms with E-state index in [0.717, 1.165) is 18.2 Å². The van der Waals surface area contributed by atoms with Gasteiger partial charge in [-0.3, -0.25) is 20.2 Å². The molecular weight excluding hydrogens is 332 g/mol. The predicted molar refractivity (Wildman–Crippen MR) is 74.1 cm³/mol. The number of nitro groups is 2. The van der Waals surface area contributed by atoms with Gasteiger partial charge in [-0.15, -0.1) is 0 Å². The summed E-state index contributed by atoms with van der Waals surface area (Å²) in [5, 5.41) is 60.2.